The number of nitrogens with zero attached hydrogens (tertiary/aromatic N) is 2. The van der Waals surface area contributed by atoms with Crippen LogP contribution in [0.25, 0.3) is 10.4 Å². The first-order chi connectivity index (χ1) is 16.8. The first kappa shape index (κ1) is 27.6. The maximum Gasteiger partial charge on any atom is 0.408 e. The molecule has 1 aromatic carbocycles. The Bertz CT molecular complexity index is 1080. The van der Waals surface area contributed by atoms with E-state index in [1.54, 1.807) is 37.0 Å². The molecule has 3 rings (SSSR count). The number of carbonyl (C=O) groups is 3. The number of ether oxygens (including phenoxy) is 1. The predicted molar refractivity (Wildman–Crippen MR) is 141 cm³/mol. The second-order valence-electron chi connectivity index (χ2n) is 11.3. The van der Waals surface area contributed by atoms with Gasteiger partial charge in [0.1, 0.15) is 17.7 Å². The lowest BCUT2D eigenvalue weighted by atomic mass is 9.85. The summed E-state index contributed by atoms with van der Waals surface area (Å²) in [5.74, 6) is -0.455. The molecule has 0 bridgehead atoms. The molecular weight excluding hydrogens is 476 g/mol. The van der Waals surface area contributed by atoms with Crippen molar-refractivity contribution in [3.05, 3.63) is 41.0 Å². The van der Waals surface area contributed by atoms with Gasteiger partial charge in [-0.05, 0) is 57.1 Å². The molecule has 2 unspecified atom stereocenters. The Morgan fingerprint density at radius 2 is 1.81 bits per heavy atom. The smallest absolute Gasteiger partial charge is 0.408 e. The van der Waals surface area contributed by atoms with Crippen molar-refractivity contribution < 1.29 is 19.1 Å². The van der Waals surface area contributed by atoms with E-state index in [9.17, 15) is 14.4 Å². The number of likely N-dealkylation sites (tertiary alicyclic amines) is 1. The molecule has 3 amide bonds. The number of benzene rings is 1. The first-order valence-corrected chi connectivity index (χ1v) is 13.2. The van der Waals surface area contributed by atoms with Gasteiger partial charge < -0.3 is 20.3 Å². The predicted octanol–water partition coefficient (Wildman–Crippen LogP) is 4.67. The zero-order chi connectivity index (χ0) is 26.7. The zero-order valence-electron chi connectivity index (χ0n) is 22.3. The number of aryl methyl sites for hydroxylation is 1. The summed E-state index contributed by atoms with van der Waals surface area (Å²) < 4.78 is 5.37. The number of aromatic nitrogens is 1. The Kier molecular flexibility index (Phi) is 8.44. The largest absolute Gasteiger partial charge is 0.444 e. The molecule has 36 heavy (non-hydrogen) atoms. The second kappa shape index (κ2) is 11.0. The third-order valence-corrected chi connectivity index (χ3v) is 7.02. The van der Waals surface area contributed by atoms with E-state index in [1.165, 1.54) is 0 Å². The molecular formula is C27H38N4O4S. The van der Waals surface area contributed by atoms with Gasteiger partial charge in [0.2, 0.25) is 11.8 Å². The summed E-state index contributed by atoms with van der Waals surface area (Å²) in [7, 11) is 0. The minimum atomic E-state index is -0.816. The van der Waals surface area contributed by atoms with E-state index in [-0.39, 0.29) is 11.8 Å². The summed E-state index contributed by atoms with van der Waals surface area (Å²) in [6, 6.07) is 6.66. The number of hydrogen-bond acceptors (Lipinski definition) is 6. The van der Waals surface area contributed by atoms with Crippen LogP contribution in [0.1, 0.15) is 65.6 Å². The van der Waals surface area contributed by atoms with Gasteiger partial charge in [-0.25, -0.2) is 9.78 Å². The highest BCUT2D eigenvalue weighted by molar-refractivity contribution is 7.13. The molecule has 0 spiro atoms. The molecule has 1 aliphatic heterocycles. The molecule has 2 atom stereocenters. The number of amides is 3. The Labute approximate surface area is 217 Å². The lowest BCUT2D eigenvalue weighted by Gasteiger charge is -2.35. The number of alkyl carbamates (subject to hydrolysis) is 1. The monoisotopic (exact) mass is 514 g/mol. The van der Waals surface area contributed by atoms with Crippen molar-refractivity contribution in [2.45, 2.75) is 85.5 Å². The fourth-order valence-electron chi connectivity index (χ4n) is 4.20. The quantitative estimate of drug-likeness (QED) is 0.584. The van der Waals surface area contributed by atoms with Crippen molar-refractivity contribution >= 4 is 29.2 Å². The molecule has 0 radical (unpaired) electrons. The Balaban J connectivity index is 1.64. The number of nitrogens with one attached hydrogen (secondary N) is 2. The van der Waals surface area contributed by atoms with Gasteiger partial charge in [-0.3, -0.25) is 9.59 Å². The van der Waals surface area contributed by atoms with Crippen LogP contribution in [0.3, 0.4) is 0 Å². The van der Waals surface area contributed by atoms with Gasteiger partial charge in [-0.15, -0.1) is 11.3 Å². The van der Waals surface area contributed by atoms with E-state index >= 15 is 0 Å². The van der Waals surface area contributed by atoms with E-state index in [4.69, 9.17) is 4.74 Å². The first-order valence-electron chi connectivity index (χ1n) is 12.3. The summed E-state index contributed by atoms with van der Waals surface area (Å²) in [4.78, 5) is 46.1. The lowest BCUT2D eigenvalue weighted by molar-refractivity contribution is -0.142. The van der Waals surface area contributed by atoms with Crippen LogP contribution >= 0.6 is 11.3 Å². The van der Waals surface area contributed by atoms with Gasteiger partial charge in [0.05, 0.1) is 16.1 Å². The third kappa shape index (κ3) is 7.06. The fraction of sp³-hybridized carbons (Fsp3) is 0.556. The Morgan fingerprint density at radius 3 is 2.36 bits per heavy atom. The van der Waals surface area contributed by atoms with Crippen molar-refractivity contribution in [3.63, 3.8) is 0 Å². The van der Waals surface area contributed by atoms with Crippen LogP contribution in [0.15, 0.2) is 29.8 Å². The Hall–Kier alpha value is -2.94. The topological polar surface area (TPSA) is 101 Å². The molecule has 8 nitrogen and oxygen atoms in total. The average Bonchev–Trinajstić information content (AvgIpc) is 3.43. The standard InChI is InChI=1S/C27H38N4O4S/c1-17-21(36-16-29-17)19-12-10-18(11-13-19)15-28-23(32)20-9-8-14-31(20)24(33)22(26(2,3)4)30-25(34)35-27(5,6)7/h10-13,16,20,22H,8-9,14-15H2,1-7H3,(H,28,32)(H,30,34). The fourth-order valence-corrected chi connectivity index (χ4v) is 5.01. The summed E-state index contributed by atoms with van der Waals surface area (Å²) in [6.07, 6.45) is 0.675. The number of thiazole rings is 1. The Morgan fingerprint density at radius 1 is 1.14 bits per heavy atom. The normalized spacial score (nSPS) is 17.0. The molecule has 1 aromatic heterocycles. The van der Waals surface area contributed by atoms with Gasteiger partial charge >= 0.3 is 6.09 Å². The van der Waals surface area contributed by atoms with E-state index in [2.05, 4.69) is 15.6 Å². The van der Waals surface area contributed by atoms with Gasteiger partial charge in [0.15, 0.2) is 0 Å². The van der Waals surface area contributed by atoms with Crippen LogP contribution in [-0.2, 0) is 20.9 Å². The van der Waals surface area contributed by atoms with Crippen LogP contribution in [0, 0.1) is 12.3 Å². The van der Waals surface area contributed by atoms with Crippen LogP contribution in [0.4, 0.5) is 4.79 Å². The van der Waals surface area contributed by atoms with Gasteiger partial charge in [0.25, 0.3) is 0 Å². The molecule has 0 saturated carbocycles. The molecule has 2 heterocycles. The summed E-state index contributed by atoms with van der Waals surface area (Å²) in [5, 5.41) is 5.73. The van der Waals surface area contributed by atoms with E-state index in [0.717, 1.165) is 28.1 Å². The van der Waals surface area contributed by atoms with E-state index in [1.807, 2.05) is 57.5 Å². The van der Waals surface area contributed by atoms with Crippen molar-refractivity contribution in [1.82, 2.24) is 20.5 Å². The van der Waals surface area contributed by atoms with E-state index in [0.29, 0.717) is 19.5 Å². The summed E-state index contributed by atoms with van der Waals surface area (Å²) in [5.41, 5.74) is 3.68. The van der Waals surface area contributed by atoms with Gasteiger partial charge in [-0.2, -0.15) is 0 Å². The highest BCUT2D eigenvalue weighted by atomic mass is 32.1. The molecule has 2 N–H and O–H groups in total. The molecule has 0 aliphatic carbocycles. The zero-order valence-corrected chi connectivity index (χ0v) is 23.1. The summed E-state index contributed by atoms with van der Waals surface area (Å²) >= 11 is 1.60. The van der Waals surface area contributed by atoms with Crippen LogP contribution in [0.5, 0.6) is 0 Å². The highest BCUT2D eigenvalue weighted by Gasteiger charge is 2.42. The third-order valence-electron chi connectivity index (χ3n) is 6.04. The van der Waals surface area contributed by atoms with Crippen LogP contribution < -0.4 is 10.6 Å². The maximum absolute atomic E-state index is 13.5. The lowest BCUT2D eigenvalue weighted by Crippen LogP contribution is -2.58. The van der Waals surface area contributed by atoms with Crippen molar-refractivity contribution in [1.29, 1.82) is 0 Å². The molecule has 9 heteroatoms. The van der Waals surface area contributed by atoms with Gasteiger partial charge in [-0.1, -0.05) is 45.0 Å². The average molecular weight is 515 g/mol. The maximum atomic E-state index is 13.5. The second-order valence-corrected chi connectivity index (χ2v) is 12.2. The van der Waals surface area contributed by atoms with Crippen LogP contribution in [-0.4, -0.2) is 52.0 Å². The highest BCUT2D eigenvalue weighted by Crippen LogP contribution is 2.28. The number of carbonyl (C=O) groups excluding carboxylic acids is 3. The van der Waals surface area contributed by atoms with Gasteiger partial charge in [0, 0.05) is 13.1 Å². The molecule has 196 valence electrons. The SMILES string of the molecule is Cc1ncsc1-c1ccc(CNC(=O)C2CCCN2C(=O)C(NC(=O)OC(C)(C)C)C(C)(C)C)cc1. The number of rotatable bonds is 6. The molecule has 1 saturated heterocycles. The summed E-state index contributed by atoms with van der Waals surface area (Å²) in [6.45, 7) is 13.8. The van der Waals surface area contributed by atoms with Crippen molar-refractivity contribution in [2.75, 3.05) is 6.54 Å². The minimum absolute atomic E-state index is 0.187. The van der Waals surface area contributed by atoms with E-state index < -0.39 is 29.2 Å². The number of hydrogen-bond donors (Lipinski definition) is 2. The van der Waals surface area contributed by atoms with Crippen molar-refractivity contribution in [2.24, 2.45) is 5.41 Å². The van der Waals surface area contributed by atoms with Crippen LogP contribution in [0.2, 0.25) is 0 Å². The molecule has 1 fully saturated rings. The van der Waals surface area contributed by atoms with Crippen molar-refractivity contribution in [3.8, 4) is 10.4 Å². The minimum Gasteiger partial charge on any atom is -0.444 e. The molecule has 1 aliphatic rings. The molecule has 2 aromatic rings.